The second-order valence-corrected chi connectivity index (χ2v) is 6.32. The number of rotatable bonds is 4. The molecule has 0 bridgehead atoms. The zero-order chi connectivity index (χ0) is 14.2. The van der Waals surface area contributed by atoms with E-state index in [1.165, 1.54) is 5.56 Å². The summed E-state index contributed by atoms with van der Waals surface area (Å²) in [7, 11) is 0. The fourth-order valence-corrected chi connectivity index (χ4v) is 3.51. The molecule has 2 fully saturated rings. The van der Waals surface area contributed by atoms with Crippen molar-refractivity contribution in [1.82, 2.24) is 4.90 Å². The van der Waals surface area contributed by atoms with Crippen molar-refractivity contribution in [3.63, 3.8) is 0 Å². The standard InChI is InChI=1S/C17H23NO2/c1-13(2)15-12-20-17(11-9-16(19)18(15)17)10-8-14-6-4-3-5-7-14/h3-7,13,15H,8-12H2,1-2H3/t15-,17-/m1/s1. The molecule has 1 aromatic rings. The predicted octanol–water partition coefficient (Wildman–Crippen LogP) is 2.99. The molecule has 0 radical (unpaired) electrons. The van der Waals surface area contributed by atoms with E-state index in [-0.39, 0.29) is 17.7 Å². The Bertz CT molecular complexity index is 485. The van der Waals surface area contributed by atoms with E-state index in [9.17, 15) is 4.79 Å². The molecule has 2 aliphatic heterocycles. The normalized spacial score (nSPS) is 29.2. The van der Waals surface area contributed by atoms with Crippen LogP contribution in [0.4, 0.5) is 0 Å². The van der Waals surface area contributed by atoms with Crippen LogP contribution in [0.5, 0.6) is 0 Å². The summed E-state index contributed by atoms with van der Waals surface area (Å²) >= 11 is 0. The number of carbonyl (C=O) groups is 1. The molecule has 0 aromatic heterocycles. The third kappa shape index (κ3) is 2.24. The quantitative estimate of drug-likeness (QED) is 0.844. The van der Waals surface area contributed by atoms with Gasteiger partial charge in [-0.1, -0.05) is 44.2 Å². The summed E-state index contributed by atoms with van der Waals surface area (Å²) in [6, 6.07) is 10.7. The van der Waals surface area contributed by atoms with Crippen LogP contribution >= 0.6 is 0 Å². The maximum atomic E-state index is 12.2. The molecule has 2 aliphatic rings. The van der Waals surface area contributed by atoms with Gasteiger partial charge in [0.2, 0.25) is 5.91 Å². The number of aryl methyl sites for hydroxylation is 1. The Morgan fingerprint density at radius 2 is 2.10 bits per heavy atom. The number of hydrogen-bond acceptors (Lipinski definition) is 2. The highest BCUT2D eigenvalue weighted by atomic mass is 16.5. The van der Waals surface area contributed by atoms with Gasteiger partial charge in [-0.2, -0.15) is 0 Å². The summed E-state index contributed by atoms with van der Waals surface area (Å²) in [5.41, 5.74) is 0.986. The Kier molecular flexibility index (Phi) is 3.55. The average Bonchev–Trinajstić information content (AvgIpc) is 2.97. The lowest BCUT2D eigenvalue weighted by Crippen LogP contribution is -2.47. The third-order valence-electron chi connectivity index (χ3n) is 4.71. The number of carbonyl (C=O) groups excluding carboxylic acids is 1. The van der Waals surface area contributed by atoms with Gasteiger partial charge in [0, 0.05) is 12.8 Å². The highest BCUT2D eigenvalue weighted by Crippen LogP contribution is 2.43. The van der Waals surface area contributed by atoms with Crippen LogP contribution in [0.25, 0.3) is 0 Å². The molecule has 0 unspecified atom stereocenters. The van der Waals surface area contributed by atoms with E-state index >= 15 is 0 Å². The van der Waals surface area contributed by atoms with Crippen LogP contribution < -0.4 is 0 Å². The highest BCUT2D eigenvalue weighted by Gasteiger charge is 2.54. The van der Waals surface area contributed by atoms with Crippen molar-refractivity contribution in [2.75, 3.05) is 6.61 Å². The van der Waals surface area contributed by atoms with Gasteiger partial charge in [-0.3, -0.25) is 4.79 Å². The van der Waals surface area contributed by atoms with Crippen LogP contribution in [0.2, 0.25) is 0 Å². The predicted molar refractivity (Wildman–Crippen MR) is 78.2 cm³/mol. The van der Waals surface area contributed by atoms with Crippen LogP contribution in [0.1, 0.15) is 38.7 Å². The van der Waals surface area contributed by atoms with Gasteiger partial charge in [-0.15, -0.1) is 0 Å². The first-order chi connectivity index (χ1) is 9.62. The lowest BCUT2D eigenvalue weighted by atomic mass is 9.98. The summed E-state index contributed by atoms with van der Waals surface area (Å²) < 4.78 is 6.14. The lowest BCUT2D eigenvalue weighted by Gasteiger charge is -2.34. The molecule has 0 saturated carbocycles. The van der Waals surface area contributed by atoms with E-state index in [1.54, 1.807) is 0 Å². The zero-order valence-electron chi connectivity index (χ0n) is 12.3. The van der Waals surface area contributed by atoms with Crippen LogP contribution in [0.3, 0.4) is 0 Å². The Hall–Kier alpha value is -1.35. The molecule has 1 amide bonds. The molecule has 3 heteroatoms. The van der Waals surface area contributed by atoms with E-state index in [1.807, 2.05) is 6.07 Å². The van der Waals surface area contributed by atoms with Crippen molar-refractivity contribution in [3.8, 4) is 0 Å². The number of benzene rings is 1. The van der Waals surface area contributed by atoms with Crippen molar-refractivity contribution in [1.29, 1.82) is 0 Å². The van der Waals surface area contributed by atoms with Crippen molar-refractivity contribution >= 4 is 5.91 Å². The maximum absolute atomic E-state index is 12.2. The number of nitrogens with zero attached hydrogens (tertiary/aromatic N) is 1. The molecule has 2 heterocycles. The maximum Gasteiger partial charge on any atom is 0.225 e. The smallest absolute Gasteiger partial charge is 0.225 e. The molecule has 1 aromatic carbocycles. The second kappa shape index (κ2) is 5.21. The summed E-state index contributed by atoms with van der Waals surface area (Å²) in [5, 5.41) is 0. The van der Waals surface area contributed by atoms with Crippen LogP contribution in [-0.2, 0) is 16.0 Å². The molecular formula is C17H23NO2. The monoisotopic (exact) mass is 273 g/mol. The van der Waals surface area contributed by atoms with E-state index in [0.717, 1.165) is 19.3 Å². The Labute approximate surface area is 120 Å². The van der Waals surface area contributed by atoms with E-state index in [2.05, 4.69) is 43.0 Å². The SMILES string of the molecule is CC(C)[C@H]1CO[C@]2(CCc3ccccc3)CCC(=O)N12. The molecule has 108 valence electrons. The van der Waals surface area contributed by atoms with Crippen molar-refractivity contribution in [2.24, 2.45) is 5.92 Å². The fraction of sp³-hybridized carbons (Fsp3) is 0.588. The summed E-state index contributed by atoms with van der Waals surface area (Å²) in [6.07, 6.45) is 3.36. The number of amides is 1. The fourth-order valence-electron chi connectivity index (χ4n) is 3.51. The number of hydrogen-bond donors (Lipinski definition) is 0. The van der Waals surface area contributed by atoms with Gasteiger partial charge in [0.15, 0.2) is 0 Å². The minimum atomic E-state index is -0.331. The van der Waals surface area contributed by atoms with Crippen LogP contribution in [-0.4, -0.2) is 29.2 Å². The van der Waals surface area contributed by atoms with E-state index < -0.39 is 0 Å². The van der Waals surface area contributed by atoms with Gasteiger partial charge < -0.3 is 9.64 Å². The Morgan fingerprint density at radius 1 is 1.35 bits per heavy atom. The van der Waals surface area contributed by atoms with Crippen molar-refractivity contribution in [3.05, 3.63) is 35.9 Å². The zero-order valence-corrected chi connectivity index (χ0v) is 12.3. The lowest BCUT2D eigenvalue weighted by molar-refractivity contribution is -0.140. The first-order valence-electron chi connectivity index (χ1n) is 7.62. The van der Waals surface area contributed by atoms with Crippen LogP contribution in [0, 0.1) is 5.92 Å². The molecule has 3 rings (SSSR count). The van der Waals surface area contributed by atoms with Gasteiger partial charge in [0.25, 0.3) is 0 Å². The topological polar surface area (TPSA) is 29.5 Å². The number of ether oxygens (including phenoxy) is 1. The molecule has 2 atom stereocenters. The Balaban J connectivity index is 1.75. The molecule has 0 N–H and O–H groups in total. The van der Waals surface area contributed by atoms with Crippen molar-refractivity contribution < 1.29 is 9.53 Å². The van der Waals surface area contributed by atoms with E-state index in [0.29, 0.717) is 18.9 Å². The molecule has 20 heavy (non-hydrogen) atoms. The minimum absolute atomic E-state index is 0.251. The first-order valence-corrected chi connectivity index (χ1v) is 7.62. The third-order valence-corrected chi connectivity index (χ3v) is 4.71. The molecule has 2 saturated heterocycles. The van der Waals surface area contributed by atoms with Gasteiger partial charge in [0.05, 0.1) is 12.6 Å². The van der Waals surface area contributed by atoms with Gasteiger partial charge in [0.1, 0.15) is 5.72 Å². The Morgan fingerprint density at radius 3 is 2.80 bits per heavy atom. The second-order valence-electron chi connectivity index (χ2n) is 6.32. The first kappa shape index (κ1) is 13.6. The van der Waals surface area contributed by atoms with E-state index in [4.69, 9.17) is 4.74 Å². The number of fused-ring (bicyclic) bond motifs is 1. The van der Waals surface area contributed by atoms with Gasteiger partial charge in [-0.25, -0.2) is 0 Å². The van der Waals surface area contributed by atoms with Crippen LogP contribution in [0.15, 0.2) is 30.3 Å². The average molecular weight is 273 g/mol. The van der Waals surface area contributed by atoms with Gasteiger partial charge in [-0.05, 0) is 24.3 Å². The highest BCUT2D eigenvalue weighted by molar-refractivity contribution is 5.80. The summed E-state index contributed by atoms with van der Waals surface area (Å²) in [5.74, 6) is 0.727. The molecule has 3 nitrogen and oxygen atoms in total. The largest absolute Gasteiger partial charge is 0.353 e. The van der Waals surface area contributed by atoms with Crippen molar-refractivity contribution in [2.45, 2.75) is 51.3 Å². The summed E-state index contributed by atoms with van der Waals surface area (Å²) in [6.45, 7) is 5.04. The minimum Gasteiger partial charge on any atom is -0.353 e. The van der Waals surface area contributed by atoms with Gasteiger partial charge >= 0.3 is 0 Å². The molecular weight excluding hydrogens is 250 g/mol. The summed E-state index contributed by atoms with van der Waals surface area (Å²) in [4.78, 5) is 14.3. The molecule has 0 aliphatic carbocycles. The molecule has 0 spiro atoms.